The van der Waals surface area contributed by atoms with E-state index in [1.807, 2.05) is 0 Å². The molecular weight excluding hydrogens is 201 g/mol. The average molecular weight is 216 g/mol. The summed E-state index contributed by atoms with van der Waals surface area (Å²) in [5.74, 6) is -0.366. The molecule has 0 rings (SSSR count). The van der Waals surface area contributed by atoms with Gasteiger partial charge < -0.3 is 0 Å². The van der Waals surface area contributed by atoms with Crippen molar-refractivity contribution in [3.63, 3.8) is 0 Å². The molecule has 0 aromatic heterocycles. The molecule has 0 aliphatic heterocycles. The van der Waals surface area contributed by atoms with E-state index in [0.29, 0.717) is 0 Å². The van der Waals surface area contributed by atoms with Crippen molar-refractivity contribution in [1.29, 1.82) is 0 Å². The van der Waals surface area contributed by atoms with Crippen LogP contribution in [0.5, 0.6) is 0 Å². The Morgan fingerprint density at radius 1 is 1.00 bits per heavy atom. The van der Waals surface area contributed by atoms with Crippen molar-refractivity contribution in [3.05, 3.63) is 0 Å². The fourth-order valence-corrected chi connectivity index (χ4v) is 3.27. The Labute approximate surface area is 76.8 Å². The van der Waals surface area contributed by atoms with Gasteiger partial charge in [-0.3, -0.25) is 4.57 Å². The summed E-state index contributed by atoms with van der Waals surface area (Å²) < 4.78 is 41.4. The summed E-state index contributed by atoms with van der Waals surface area (Å²) in [6.07, 6.45) is 0. The van der Waals surface area contributed by atoms with E-state index in [-0.39, 0.29) is 11.8 Å². The first-order valence-electron chi connectivity index (χ1n) is 4.09. The van der Waals surface area contributed by atoms with Gasteiger partial charge in [-0.05, 0) is 20.9 Å². The first kappa shape index (κ1) is 13.0. The number of rotatable bonds is 5. The van der Waals surface area contributed by atoms with Crippen molar-refractivity contribution >= 4 is 7.60 Å². The zero-order valence-corrected chi connectivity index (χ0v) is 9.05. The standard InChI is InChI=1S/C7H15F2O3P/c1-5(2)7(6(3)4)13(10,11-8)12-9/h5-7H,1-4H3. The van der Waals surface area contributed by atoms with Gasteiger partial charge in [0.25, 0.3) is 0 Å². The fraction of sp³-hybridized carbons (Fsp3) is 1.00. The minimum absolute atomic E-state index is 0.183. The SMILES string of the molecule is CC(C)C(C(C)C)P(=O)(OF)OF. The van der Waals surface area contributed by atoms with Gasteiger partial charge >= 0.3 is 7.60 Å². The molecule has 6 heteroatoms. The summed E-state index contributed by atoms with van der Waals surface area (Å²) in [4.78, 5) is 0. The van der Waals surface area contributed by atoms with Gasteiger partial charge in [-0.15, -0.1) is 9.46 Å². The van der Waals surface area contributed by atoms with E-state index in [9.17, 15) is 13.6 Å². The van der Waals surface area contributed by atoms with Gasteiger partial charge in [0, 0.05) is 0 Å². The van der Waals surface area contributed by atoms with E-state index in [1.54, 1.807) is 27.7 Å². The van der Waals surface area contributed by atoms with Crippen LogP contribution in [0.3, 0.4) is 0 Å². The Balaban J connectivity index is 4.81. The molecule has 0 aromatic rings. The minimum Gasteiger partial charge on any atom is -0.254 e. The van der Waals surface area contributed by atoms with Gasteiger partial charge in [0.2, 0.25) is 0 Å². The van der Waals surface area contributed by atoms with Gasteiger partial charge in [-0.1, -0.05) is 27.7 Å². The lowest BCUT2D eigenvalue weighted by Gasteiger charge is -2.26. The molecule has 0 aliphatic rings. The normalized spacial score (nSPS) is 13.3. The van der Waals surface area contributed by atoms with Crippen molar-refractivity contribution in [1.82, 2.24) is 0 Å². The highest BCUT2D eigenvalue weighted by molar-refractivity contribution is 7.54. The predicted molar refractivity (Wildman–Crippen MR) is 45.5 cm³/mol. The summed E-state index contributed by atoms with van der Waals surface area (Å²) in [7, 11) is -4.24. The van der Waals surface area contributed by atoms with Crippen LogP contribution in [0.4, 0.5) is 9.05 Å². The fourth-order valence-electron chi connectivity index (χ4n) is 1.60. The molecule has 0 atom stereocenters. The van der Waals surface area contributed by atoms with Crippen molar-refractivity contribution in [3.8, 4) is 0 Å². The molecule has 0 aliphatic carbocycles. The quantitative estimate of drug-likeness (QED) is 0.658. The Bertz CT molecular complexity index is 180. The number of halogens is 2. The van der Waals surface area contributed by atoms with Crippen LogP contribution in [0.1, 0.15) is 27.7 Å². The zero-order chi connectivity index (χ0) is 10.6. The van der Waals surface area contributed by atoms with Gasteiger partial charge in [0.15, 0.2) is 0 Å². The van der Waals surface area contributed by atoms with Crippen LogP contribution < -0.4 is 0 Å². The van der Waals surface area contributed by atoms with Gasteiger partial charge in [0.1, 0.15) is 0 Å². The van der Waals surface area contributed by atoms with E-state index in [2.05, 4.69) is 9.46 Å². The lowest BCUT2D eigenvalue weighted by atomic mass is 10.00. The first-order valence-corrected chi connectivity index (χ1v) is 5.70. The van der Waals surface area contributed by atoms with Gasteiger partial charge in [-0.25, -0.2) is 0 Å². The van der Waals surface area contributed by atoms with Crippen molar-refractivity contribution in [2.24, 2.45) is 11.8 Å². The van der Waals surface area contributed by atoms with E-state index in [0.717, 1.165) is 0 Å². The second kappa shape index (κ2) is 5.03. The molecule has 0 bridgehead atoms. The predicted octanol–water partition coefficient (Wildman–Crippen LogP) is 3.66. The topological polar surface area (TPSA) is 35.5 Å². The molecule has 0 spiro atoms. The molecule has 3 nitrogen and oxygen atoms in total. The molecule has 0 aromatic carbocycles. The van der Waals surface area contributed by atoms with Gasteiger partial charge in [0.05, 0.1) is 5.66 Å². The maximum atomic E-state index is 11.9. The molecule has 0 saturated heterocycles. The van der Waals surface area contributed by atoms with Crippen molar-refractivity contribution in [2.75, 3.05) is 0 Å². The Morgan fingerprint density at radius 2 is 1.31 bits per heavy atom. The third-order valence-corrected chi connectivity index (χ3v) is 4.23. The number of hydrogen-bond donors (Lipinski definition) is 0. The van der Waals surface area contributed by atoms with Crippen LogP contribution in [-0.4, -0.2) is 5.66 Å². The third-order valence-electron chi connectivity index (χ3n) is 1.92. The molecule has 80 valence electrons. The van der Waals surface area contributed by atoms with Crippen LogP contribution in [0.25, 0.3) is 0 Å². The smallest absolute Gasteiger partial charge is 0.254 e. The zero-order valence-electron chi connectivity index (χ0n) is 8.16. The minimum atomic E-state index is -4.24. The van der Waals surface area contributed by atoms with E-state index in [1.165, 1.54) is 0 Å². The number of hydrogen-bond acceptors (Lipinski definition) is 3. The molecule has 0 amide bonds. The van der Waals surface area contributed by atoms with Gasteiger partial charge in [-0.2, -0.15) is 0 Å². The van der Waals surface area contributed by atoms with E-state index < -0.39 is 13.3 Å². The largest absolute Gasteiger partial charge is 0.398 e. The van der Waals surface area contributed by atoms with Crippen LogP contribution in [0.2, 0.25) is 0 Å². The third kappa shape index (κ3) is 3.01. The molecule has 0 radical (unpaired) electrons. The van der Waals surface area contributed by atoms with Crippen molar-refractivity contribution < 1.29 is 23.1 Å². The molecule has 0 saturated carbocycles. The highest BCUT2D eigenvalue weighted by Crippen LogP contribution is 2.58. The Hall–Kier alpha value is 0.01000. The first-order chi connectivity index (χ1) is 5.89. The summed E-state index contributed by atoms with van der Waals surface area (Å²) in [5.41, 5.74) is -0.775. The van der Waals surface area contributed by atoms with Crippen LogP contribution >= 0.6 is 7.60 Å². The molecular formula is C7H15F2O3P. The summed E-state index contributed by atoms with van der Waals surface area (Å²) >= 11 is 0. The Morgan fingerprint density at radius 3 is 1.38 bits per heavy atom. The van der Waals surface area contributed by atoms with E-state index >= 15 is 0 Å². The lowest BCUT2D eigenvalue weighted by Crippen LogP contribution is -2.23. The van der Waals surface area contributed by atoms with Crippen LogP contribution in [0, 0.1) is 11.8 Å². The van der Waals surface area contributed by atoms with Crippen LogP contribution in [-0.2, 0) is 14.0 Å². The van der Waals surface area contributed by atoms with E-state index in [4.69, 9.17) is 0 Å². The molecule has 13 heavy (non-hydrogen) atoms. The summed E-state index contributed by atoms with van der Waals surface area (Å²) in [6, 6.07) is 0. The summed E-state index contributed by atoms with van der Waals surface area (Å²) in [5, 5.41) is 0. The second-order valence-corrected chi connectivity index (χ2v) is 5.61. The Kier molecular flexibility index (Phi) is 5.04. The molecule has 0 heterocycles. The van der Waals surface area contributed by atoms with Crippen molar-refractivity contribution in [2.45, 2.75) is 33.4 Å². The molecule has 0 unspecified atom stereocenters. The lowest BCUT2D eigenvalue weighted by molar-refractivity contribution is -0.0930. The maximum absolute atomic E-state index is 11.9. The summed E-state index contributed by atoms with van der Waals surface area (Å²) in [6.45, 7) is 6.81. The highest BCUT2D eigenvalue weighted by atomic mass is 31.2. The molecule has 0 fully saturated rings. The maximum Gasteiger partial charge on any atom is 0.398 e. The molecule has 0 N–H and O–H groups in total. The second-order valence-electron chi connectivity index (χ2n) is 3.66. The monoisotopic (exact) mass is 216 g/mol. The average Bonchev–Trinajstić information content (AvgIpc) is 2.02. The highest BCUT2D eigenvalue weighted by Gasteiger charge is 2.42. The van der Waals surface area contributed by atoms with Crippen LogP contribution in [0.15, 0.2) is 0 Å².